The normalized spacial score (nSPS) is 16.7. The Hall–Kier alpha value is -0.900. The lowest BCUT2D eigenvalue weighted by atomic mass is 9.86. The highest BCUT2D eigenvalue weighted by Crippen LogP contribution is 2.27. The number of hydrogen-bond donors (Lipinski definition) is 1. The Morgan fingerprint density at radius 1 is 1.56 bits per heavy atom. The van der Waals surface area contributed by atoms with Crippen molar-refractivity contribution < 1.29 is 8.42 Å². The van der Waals surface area contributed by atoms with Crippen molar-refractivity contribution in [3.05, 3.63) is 17.0 Å². The predicted octanol–water partition coefficient (Wildman–Crippen LogP) is 1.70. The molecule has 1 aromatic heterocycles. The van der Waals surface area contributed by atoms with Gasteiger partial charge in [0.25, 0.3) is 10.0 Å². The van der Waals surface area contributed by atoms with Gasteiger partial charge < -0.3 is 0 Å². The molecule has 0 spiro atoms. The SMILES string of the molecule is N#Cc1ccsc1S(=O)(=O)NCC1CCC1. The van der Waals surface area contributed by atoms with Crippen LogP contribution in [0.5, 0.6) is 0 Å². The van der Waals surface area contributed by atoms with Gasteiger partial charge in [0.2, 0.25) is 0 Å². The van der Waals surface area contributed by atoms with Gasteiger partial charge in [-0.3, -0.25) is 0 Å². The first-order valence-corrected chi connectivity index (χ1v) is 7.47. The molecular weight excluding hydrogens is 244 g/mol. The highest BCUT2D eigenvalue weighted by molar-refractivity contribution is 7.91. The molecule has 2 rings (SSSR count). The second kappa shape index (κ2) is 4.53. The summed E-state index contributed by atoms with van der Waals surface area (Å²) in [6, 6.07) is 3.42. The Kier molecular flexibility index (Phi) is 3.28. The molecule has 0 atom stereocenters. The second-order valence-corrected chi connectivity index (χ2v) is 6.76. The van der Waals surface area contributed by atoms with E-state index in [1.54, 1.807) is 5.38 Å². The Bertz CT molecular complexity index is 509. The molecular formula is C10H12N2O2S2. The summed E-state index contributed by atoms with van der Waals surface area (Å²) in [6.45, 7) is 0.491. The Balaban J connectivity index is 2.09. The lowest BCUT2D eigenvalue weighted by Crippen LogP contribution is -2.32. The van der Waals surface area contributed by atoms with Gasteiger partial charge in [0, 0.05) is 6.54 Å². The molecule has 16 heavy (non-hydrogen) atoms. The monoisotopic (exact) mass is 256 g/mol. The molecule has 1 aliphatic rings. The molecule has 1 N–H and O–H groups in total. The summed E-state index contributed by atoms with van der Waals surface area (Å²) in [4.78, 5) is 0. The van der Waals surface area contributed by atoms with Crippen LogP contribution in [0.2, 0.25) is 0 Å². The van der Waals surface area contributed by atoms with Gasteiger partial charge in [-0.25, -0.2) is 13.1 Å². The van der Waals surface area contributed by atoms with Crippen LogP contribution in [0.4, 0.5) is 0 Å². The van der Waals surface area contributed by atoms with Crippen LogP contribution in [0.25, 0.3) is 0 Å². The van der Waals surface area contributed by atoms with Crippen LogP contribution in [0.1, 0.15) is 24.8 Å². The summed E-state index contributed by atoms with van der Waals surface area (Å²) in [5.74, 6) is 0.472. The first kappa shape index (κ1) is 11.6. The van der Waals surface area contributed by atoms with Gasteiger partial charge in [-0.2, -0.15) is 5.26 Å². The van der Waals surface area contributed by atoms with E-state index in [9.17, 15) is 8.42 Å². The average molecular weight is 256 g/mol. The summed E-state index contributed by atoms with van der Waals surface area (Å²) < 4.78 is 26.4. The van der Waals surface area contributed by atoms with E-state index in [2.05, 4.69) is 4.72 Å². The zero-order valence-corrected chi connectivity index (χ0v) is 10.3. The molecule has 1 aliphatic carbocycles. The number of nitrogens with one attached hydrogen (secondary N) is 1. The van der Waals surface area contributed by atoms with Crippen LogP contribution >= 0.6 is 11.3 Å². The minimum Gasteiger partial charge on any atom is -0.210 e. The highest BCUT2D eigenvalue weighted by Gasteiger charge is 2.23. The molecule has 1 aromatic rings. The molecule has 0 unspecified atom stereocenters. The topological polar surface area (TPSA) is 70.0 Å². The van der Waals surface area contributed by atoms with Crippen molar-refractivity contribution in [2.45, 2.75) is 23.5 Å². The van der Waals surface area contributed by atoms with Crippen molar-refractivity contribution in [2.75, 3.05) is 6.54 Å². The predicted molar refractivity (Wildman–Crippen MR) is 61.6 cm³/mol. The van der Waals surface area contributed by atoms with Crippen LogP contribution in [0.3, 0.4) is 0 Å². The maximum absolute atomic E-state index is 11.9. The van der Waals surface area contributed by atoms with Gasteiger partial charge in [-0.15, -0.1) is 11.3 Å². The molecule has 0 aliphatic heterocycles. The summed E-state index contributed by atoms with van der Waals surface area (Å²) in [6.07, 6.45) is 3.38. The number of thiophene rings is 1. The maximum Gasteiger partial charge on any atom is 0.251 e. The third-order valence-electron chi connectivity index (χ3n) is 2.78. The zero-order chi connectivity index (χ0) is 11.6. The number of hydrogen-bond acceptors (Lipinski definition) is 4. The molecule has 1 heterocycles. The van der Waals surface area contributed by atoms with E-state index in [0.29, 0.717) is 12.5 Å². The molecule has 0 radical (unpaired) electrons. The summed E-state index contributed by atoms with van der Waals surface area (Å²) in [5, 5.41) is 10.4. The molecule has 0 amide bonds. The fraction of sp³-hybridized carbons (Fsp3) is 0.500. The van der Waals surface area contributed by atoms with Crippen LogP contribution in [-0.2, 0) is 10.0 Å². The van der Waals surface area contributed by atoms with Crippen LogP contribution in [0, 0.1) is 17.2 Å². The van der Waals surface area contributed by atoms with Crippen LogP contribution in [0.15, 0.2) is 15.7 Å². The smallest absolute Gasteiger partial charge is 0.210 e. The molecule has 1 fully saturated rings. The first-order valence-electron chi connectivity index (χ1n) is 5.11. The molecule has 86 valence electrons. The van der Waals surface area contributed by atoms with E-state index in [4.69, 9.17) is 5.26 Å². The molecule has 1 saturated carbocycles. The summed E-state index contributed by atoms with van der Waals surface area (Å²) in [5.41, 5.74) is 0.228. The van der Waals surface area contributed by atoms with Gasteiger partial charge in [-0.05, 0) is 30.2 Å². The van der Waals surface area contributed by atoms with E-state index < -0.39 is 10.0 Å². The summed E-state index contributed by atoms with van der Waals surface area (Å²) in [7, 11) is -3.48. The standard InChI is InChI=1S/C10H12N2O2S2/c11-6-9-4-5-15-10(9)16(13,14)12-7-8-2-1-3-8/h4-5,8,12H,1-3,7H2. The van der Waals surface area contributed by atoms with Gasteiger partial charge in [0.15, 0.2) is 4.21 Å². The van der Waals surface area contributed by atoms with Gasteiger partial charge in [-0.1, -0.05) is 6.42 Å². The third-order valence-corrected chi connectivity index (χ3v) is 5.69. The van der Waals surface area contributed by atoms with Crippen molar-refractivity contribution in [1.82, 2.24) is 4.72 Å². The van der Waals surface area contributed by atoms with E-state index in [1.807, 2.05) is 6.07 Å². The molecule has 6 heteroatoms. The van der Waals surface area contributed by atoms with Crippen molar-refractivity contribution in [1.29, 1.82) is 5.26 Å². The van der Waals surface area contributed by atoms with Crippen molar-refractivity contribution in [2.24, 2.45) is 5.92 Å². The fourth-order valence-corrected chi connectivity index (χ4v) is 3.98. The van der Waals surface area contributed by atoms with E-state index in [0.717, 1.165) is 24.2 Å². The zero-order valence-electron chi connectivity index (χ0n) is 8.64. The number of rotatable bonds is 4. The largest absolute Gasteiger partial charge is 0.251 e. The fourth-order valence-electron chi connectivity index (χ4n) is 1.58. The number of nitrogens with zero attached hydrogens (tertiary/aromatic N) is 1. The first-order chi connectivity index (χ1) is 7.63. The van der Waals surface area contributed by atoms with E-state index in [-0.39, 0.29) is 9.77 Å². The van der Waals surface area contributed by atoms with Crippen LogP contribution < -0.4 is 4.72 Å². The van der Waals surface area contributed by atoms with Crippen molar-refractivity contribution >= 4 is 21.4 Å². The number of nitriles is 1. The molecule has 4 nitrogen and oxygen atoms in total. The quantitative estimate of drug-likeness (QED) is 0.891. The minimum atomic E-state index is -3.48. The third kappa shape index (κ3) is 2.26. The van der Waals surface area contributed by atoms with Crippen LogP contribution in [-0.4, -0.2) is 15.0 Å². The minimum absolute atomic E-state index is 0.134. The second-order valence-electron chi connectivity index (χ2n) is 3.88. The molecule has 0 bridgehead atoms. The maximum atomic E-state index is 11.9. The Labute approximate surface area is 99.0 Å². The lowest BCUT2D eigenvalue weighted by molar-refractivity contribution is 0.316. The molecule has 0 aromatic carbocycles. The van der Waals surface area contributed by atoms with Gasteiger partial charge in [0.05, 0.1) is 5.56 Å². The van der Waals surface area contributed by atoms with E-state index >= 15 is 0 Å². The van der Waals surface area contributed by atoms with Crippen molar-refractivity contribution in [3.63, 3.8) is 0 Å². The summed E-state index contributed by atoms with van der Waals surface area (Å²) >= 11 is 1.09. The highest BCUT2D eigenvalue weighted by atomic mass is 32.2. The van der Waals surface area contributed by atoms with Gasteiger partial charge >= 0.3 is 0 Å². The van der Waals surface area contributed by atoms with Gasteiger partial charge in [0.1, 0.15) is 6.07 Å². The Morgan fingerprint density at radius 3 is 2.88 bits per heavy atom. The van der Waals surface area contributed by atoms with Crippen molar-refractivity contribution in [3.8, 4) is 6.07 Å². The molecule has 0 saturated heterocycles. The van der Waals surface area contributed by atoms with E-state index in [1.165, 1.54) is 12.5 Å². The number of sulfonamides is 1. The lowest BCUT2D eigenvalue weighted by Gasteiger charge is -2.25. The Morgan fingerprint density at radius 2 is 2.31 bits per heavy atom. The average Bonchev–Trinajstić information content (AvgIpc) is 2.63.